The zero-order valence-electron chi connectivity index (χ0n) is 10.9. The van der Waals surface area contributed by atoms with Crippen molar-refractivity contribution in [3.05, 3.63) is 28.2 Å². The predicted molar refractivity (Wildman–Crippen MR) is 75.9 cm³/mol. The zero-order chi connectivity index (χ0) is 14.4. The van der Waals surface area contributed by atoms with E-state index in [1.807, 2.05) is 6.92 Å². The van der Waals surface area contributed by atoms with Crippen LogP contribution in [0.4, 0.5) is 0 Å². The average Bonchev–Trinajstić information content (AvgIpc) is 2.38. The monoisotopic (exact) mass is 305 g/mol. The number of likely N-dealkylation sites (N-methyl/N-ethyl adjacent to an activating group) is 1. The summed E-state index contributed by atoms with van der Waals surface area (Å²) in [7, 11) is 0. The fourth-order valence-corrected chi connectivity index (χ4v) is 2.07. The third-order valence-corrected chi connectivity index (χ3v) is 3.14. The number of ether oxygens (including phenoxy) is 1. The van der Waals surface area contributed by atoms with Crippen molar-refractivity contribution in [1.29, 1.82) is 0 Å². The first kappa shape index (κ1) is 16.1. The third kappa shape index (κ3) is 4.56. The SMILES string of the molecule is CCN(CCO)C(=O)[C@@H](C)Oc1ccc(Cl)cc1Cl. The van der Waals surface area contributed by atoms with Crippen molar-refractivity contribution < 1.29 is 14.6 Å². The number of hydrogen-bond acceptors (Lipinski definition) is 3. The summed E-state index contributed by atoms with van der Waals surface area (Å²) >= 11 is 11.8. The Morgan fingerprint density at radius 1 is 1.47 bits per heavy atom. The summed E-state index contributed by atoms with van der Waals surface area (Å²) in [6, 6.07) is 4.82. The standard InChI is InChI=1S/C13H17Cl2NO3/c1-3-16(6-7-17)13(18)9(2)19-12-5-4-10(14)8-11(12)15/h4-5,8-9,17H,3,6-7H2,1-2H3/t9-/m1/s1. The van der Waals surface area contributed by atoms with Crippen molar-refractivity contribution in [3.63, 3.8) is 0 Å². The Labute approximate surface area is 122 Å². The maximum absolute atomic E-state index is 12.1. The Bertz CT molecular complexity index is 440. The minimum Gasteiger partial charge on any atom is -0.479 e. The fraction of sp³-hybridized carbons (Fsp3) is 0.462. The summed E-state index contributed by atoms with van der Waals surface area (Å²) in [5.74, 6) is 0.217. The van der Waals surface area contributed by atoms with Crippen LogP contribution in [-0.4, -0.2) is 41.7 Å². The highest BCUT2D eigenvalue weighted by Crippen LogP contribution is 2.28. The van der Waals surface area contributed by atoms with Gasteiger partial charge in [-0.1, -0.05) is 23.2 Å². The van der Waals surface area contributed by atoms with Gasteiger partial charge in [0.15, 0.2) is 6.10 Å². The zero-order valence-corrected chi connectivity index (χ0v) is 12.4. The van der Waals surface area contributed by atoms with Crippen LogP contribution in [0.2, 0.25) is 10.0 Å². The first-order chi connectivity index (χ1) is 8.99. The molecule has 1 atom stereocenters. The van der Waals surface area contributed by atoms with E-state index in [1.165, 1.54) is 4.90 Å². The summed E-state index contributed by atoms with van der Waals surface area (Å²) in [4.78, 5) is 13.6. The van der Waals surface area contributed by atoms with E-state index >= 15 is 0 Å². The molecule has 0 unspecified atom stereocenters. The van der Waals surface area contributed by atoms with E-state index in [9.17, 15) is 4.79 Å². The second-order valence-corrected chi connectivity index (χ2v) is 4.82. The van der Waals surface area contributed by atoms with Crippen molar-refractivity contribution in [2.45, 2.75) is 20.0 Å². The minimum atomic E-state index is -0.676. The highest BCUT2D eigenvalue weighted by atomic mass is 35.5. The summed E-state index contributed by atoms with van der Waals surface area (Å²) in [5, 5.41) is 9.76. The molecule has 0 aromatic heterocycles. The summed E-state index contributed by atoms with van der Waals surface area (Å²) in [5.41, 5.74) is 0. The molecule has 1 aromatic rings. The molecule has 1 N–H and O–H groups in total. The van der Waals surface area contributed by atoms with Gasteiger partial charge in [-0.05, 0) is 32.0 Å². The van der Waals surface area contributed by atoms with E-state index in [-0.39, 0.29) is 19.1 Å². The normalized spacial score (nSPS) is 12.1. The molecule has 1 rings (SSSR count). The number of halogens is 2. The van der Waals surface area contributed by atoms with E-state index in [2.05, 4.69) is 0 Å². The molecular weight excluding hydrogens is 289 g/mol. The molecular formula is C13H17Cl2NO3. The van der Waals surface area contributed by atoms with Crippen LogP contribution < -0.4 is 4.74 Å². The van der Waals surface area contributed by atoms with Gasteiger partial charge < -0.3 is 14.7 Å². The molecule has 0 radical (unpaired) electrons. The van der Waals surface area contributed by atoms with Gasteiger partial charge in [0.25, 0.3) is 5.91 Å². The van der Waals surface area contributed by atoms with Gasteiger partial charge in [-0.25, -0.2) is 0 Å². The maximum atomic E-state index is 12.1. The number of carbonyl (C=O) groups is 1. The summed E-state index contributed by atoms with van der Waals surface area (Å²) < 4.78 is 5.53. The Kier molecular flexibility index (Phi) is 6.42. The lowest BCUT2D eigenvalue weighted by Gasteiger charge is -2.24. The van der Waals surface area contributed by atoms with Crippen LogP contribution in [0.15, 0.2) is 18.2 Å². The molecule has 19 heavy (non-hydrogen) atoms. The van der Waals surface area contributed by atoms with Gasteiger partial charge in [-0.2, -0.15) is 0 Å². The van der Waals surface area contributed by atoms with Gasteiger partial charge in [-0.15, -0.1) is 0 Å². The number of hydrogen-bond donors (Lipinski definition) is 1. The van der Waals surface area contributed by atoms with E-state index in [0.29, 0.717) is 22.3 Å². The molecule has 1 aromatic carbocycles. The lowest BCUT2D eigenvalue weighted by atomic mass is 10.3. The number of aliphatic hydroxyl groups is 1. The maximum Gasteiger partial charge on any atom is 0.263 e. The van der Waals surface area contributed by atoms with Crippen molar-refractivity contribution in [2.24, 2.45) is 0 Å². The van der Waals surface area contributed by atoms with Crippen molar-refractivity contribution in [2.75, 3.05) is 19.7 Å². The number of nitrogens with zero attached hydrogens (tertiary/aromatic N) is 1. The van der Waals surface area contributed by atoms with E-state index in [4.69, 9.17) is 33.0 Å². The summed E-state index contributed by atoms with van der Waals surface area (Å²) in [6.07, 6.45) is -0.676. The number of carbonyl (C=O) groups excluding carboxylic acids is 1. The predicted octanol–water partition coefficient (Wildman–Crippen LogP) is 2.60. The topological polar surface area (TPSA) is 49.8 Å². The van der Waals surface area contributed by atoms with Crippen LogP contribution in [0.5, 0.6) is 5.75 Å². The molecule has 0 fully saturated rings. The molecule has 1 amide bonds. The average molecular weight is 306 g/mol. The third-order valence-electron chi connectivity index (χ3n) is 2.61. The molecule has 0 saturated carbocycles. The molecule has 0 heterocycles. The first-order valence-corrected chi connectivity index (χ1v) is 6.76. The number of benzene rings is 1. The van der Waals surface area contributed by atoms with Crippen molar-refractivity contribution in [3.8, 4) is 5.75 Å². The van der Waals surface area contributed by atoms with E-state index in [1.54, 1.807) is 25.1 Å². The Morgan fingerprint density at radius 3 is 2.68 bits per heavy atom. The van der Waals surface area contributed by atoms with Crippen LogP contribution in [0.25, 0.3) is 0 Å². The Balaban J connectivity index is 2.72. The molecule has 0 aliphatic carbocycles. The molecule has 0 saturated heterocycles. The van der Waals surface area contributed by atoms with Crippen molar-refractivity contribution >= 4 is 29.1 Å². The second-order valence-electron chi connectivity index (χ2n) is 3.98. The van der Waals surface area contributed by atoms with Crippen LogP contribution in [0.3, 0.4) is 0 Å². The summed E-state index contributed by atoms with van der Waals surface area (Å²) in [6.45, 7) is 4.22. The minimum absolute atomic E-state index is 0.0754. The van der Waals surface area contributed by atoms with Crippen LogP contribution >= 0.6 is 23.2 Å². The number of amides is 1. The molecule has 106 valence electrons. The van der Waals surface area contributed by atoms with Crippen LogP contribution in [0.1, 0.15) is 13.8 Å². The van der Waals surface area contributed by atoms with Crippen LogP contribution in [0, 0.1) is 0 Å². The van der Waals surface area contributed by atoms with E-state index in [0.717, 1.165) is 0 Å². The number of rotatable bonds is 6. The van der Waals surface area contributed by atoms with Gasteiger partial charge in [0.1, 0.15) is 5.75 Å². The lowest BCUT2D eigenvalue weighted by Crippen LogP contribution is -2.41. The highest BCUT2D eigenvalue weighted by Gasteiger charge is 2.21. The van der Waals surface area contributed by atoms with Gasteiger partial charge in [0, 0.05) is 18.1 Å². The lowest BCUT2D eigenvalue weighted by molar-refractivity contribution is -0.138. The quantitative estimate of drug-likeness (QED) is 0.879. The Morgan fingerprint density at radius 2 is 2.16 bits per heavy atom. The molecule has 0 aliphatic rings. The molecule has 6 heteroatoms. The molecule has 0 aliphatic heterocycles. The highest BCUT2D eigenvalue weighted by molar-refractivity contribution is 6.35. The fourth-order valence-electron chi connectivity index (χ4n) is 1.61. The van der Waals surface area contributed by atoms with Crippen molar-refractivity contribution in [1.82, 2.24) is 4.90 Å². The van der Waals surface area contributed by atoms with Crippen LogP contribution in [-0.2, 0) is 4.79 Å². The molecule has 0 bridgehead atoms. The molecule has 4 nitrogen and oxygen atoms in total. The Hall–Kier alpha value is -0.970. The first-order valence-electron chi connectivity index (χ1n) is 6.01. The second kappa shape index (κ2) is 7.58. The van der Waals surface area contributed by atoms with Gasteiger partial charge in [0.05, 0.1) is 11.6 Å². The van der Waals surface area contributed by atoms with Gasteiger partial charge in [-0.3, -0.25) is 4.79 Å². The number of aliphatic hydroxyl groups excluding tert-OH is 1. The molecule has 0 spiro atoms. The van der Waals surface area contributed by atoms with E-state index < -0.39 is 6.10 Å². The smallest absolute Gasteiger partial charge is 0.263 e. The largest absolute Gasteiger partial charge is 0.479 e. The van der Waals surface area contributed by atoms with Gasteiger partial charge >= 0.3 is 0 Å². The van der Waals surface area contributed by atoms with Gasteiger partial charge in [0.2, 0.25) is 0 Å².